The van der Waals surface area contributed by atoms with Gasteiger partial charge in [-0.3, -0.25) is 14.7 Å². The number of aromatic nitrogens is 1. The molecule has 2 aliphatic heterocycles. The Kier molecular flexibility index (Phi) is 4.18. The quantitative estimate of drug-likeness (QED) is 0.927. The Balaban J connectivity index is 1.54. The van der Waals surface area contributed by atoms with Gasteiger partial charge in [0.1, 0.15) is 5.92 Å². The molecule has 0 spiro atoms. The number of morpholine rings is 1. The first-order valence-corrected chi connectivity index (χ1v) is 8.34. The third-order valence-corrected chi connectivity index (χ3v) is 4.67. The summed E-state index contributed by atoms with van der Waals surface area (Å²) in [5, 5.41) is 11.8. The molecule has 0 radical (unpaired) electrons. The zero-order valence-corrected chi connectivity index (χ0v) is 13.7. The summed E-state index contributed by atoms with van der Waals surface area (Å²) < 4.78 is 5.36. The number of rotatable bonds is 3. The Morgan fingerprint density at radius 3 is 2.84 bits per heavy atom. The normalized spacial score (nSPS) is 20.0. The van der Waals surface area contributed by atoms with E-state index in [9.17, 15) is 4.79 Å². The second-order valence-electron chi connectivity index (χ2n) is 6.32. The number of amides is 1. The van der Waals surface area contributed by atoms with Crippen molar-refractivity contribution in [1.82, 2.24) is 9.88 Å². The topological polar surface area (TPSA) is 78.2 Å². The van der Waals surface area contributed by atoms with Crippen LogP contribution in [0.3, 0.4) is 0 Å². The maximum atomic E-state index is 12.4. The second-order valence-corrected chi connectivity index (χ2v) is 6.32. The van der Waals surface area contributed by atoms with Gasteiger partial charge in [-0.25, -0.2) is 0 Å². The van der Waals surface area contributed by atoms with Crippen molar-refractivity contribution in [2.75, 3.05) is 31.6 Å². The molecule has 1 amide bonds. The van der Waals surface area contributed by atoms with Gasteiger partial charge < -0.3 is 10.1 Å². The van der Waals surface area contributed by atoms with E-state index in [1.54, 1.807) is 12.1 Å². The molecule has 1 atom stereocenters. The second kappa shape index (κ2) is 6.63. The van der Waals surface area contributed by atoms with Gasteiger partial charge in [0, 0.05) is 31.5 Å². The van der Waals surface area contributed by atoms with Crippen LogP contribution < -0.4 is 5.32 Å². The zero-order valence-electron chi connectivity index (χ0n) is 13.7. The van der Waals surface area contributed by atoms with Crippen molar-refractivity contribution in [2.45, 2.75) is 12.5 Å². The standard InChI is InChI=1S/C19H18N4O2/c20-10-13-1-3-15-17(9-13)22-19(24)18(15)16-4-2-14(11-21-16)12-23-5-7-25-8-6-23/h1-4,9,11,18H,5-8,12H2,(H,22,24). The summed E-state index contributed by atoms with van der Waals surface area (Å²) in [6, 6.07) is 11.3. The Morgan fingerprint density at radius 2 is 2.12 bits per heavy atom. The van der Waals surface area contributed by atoms with Crippen molar-refractivity contribution in [3.05, 3.63) is 58.9 Å². The number of nitrogens with one attached hydrogen (secondary N) is 1. The number of carbonyl (C=O) groups is 1. The lowest BCUT2D eigenvalue weighted by molar-refractivity contribution is -0.116. The van der Waals surface area contributed by atoms with Crippen LogP contribution >= 0.6 is 0 Å². The van der Waals surface area contributed by atoms with E-state index in [0.717, 1.165) is 49.7 Å². The Bertz CT molecular complexity index is 835. The highest BCUT2D eigenvalue weighted by Gasteiger charge is 2.33. The van der Waals surface area contributed by atoms with E-state index < -0.39 is 5.92 Å². The molecule has 0 aliphatic carbocycles. The molecular formula is C19H18N4O2. The number of ether oxygens (including phenoxy) is 1. The van der Waals surface area contributed by atoms with Crippen molar-refractivity contribution in [1.29, 1.82) is 5.26 Å². The highest BCUT2D eigenvalue weighted by atomic mass is 16.5. The maximum Gasteiger partial charge on any atom is 0.238 e. The van der Waals surface area contributed by atoms with Gasteiger partial charge in [-0.2, -0.15) is 5.26 Å². The van der Waals surface area contributed by atoms with Crippen LogP contribution in [0.5, 0.6) is 0 Å². The fourth-order valence-corrected chi connectivity index (χ4v) is 3.34. The molecule has 2 aromatic rings. The van der Waals surface area contributed by atoms with Crippen LogP contribution in [0.15, 0.2) is 36.5 Å². The van der Waals surface area contributed by atoms with E-state index in [0.29, 0.717) is 11.3 Å². The van der Waals surface area contributed by atoms with Gasteiger partial charge in [0.25, 0.3) is 0 Å². The minimum absolute atomic E-state index is 0.0986. The Hall–Kier alpha value is -2.75. The molecule has 4 rings (SSSR count). The molecule has 1 aromatic heterocycles. The molecule has 25 heavy (non-hydrogen) atoms. The first kappa shape index (κ1) is 15.8. The summed E-state index contributed by atoms with van der Waals surface area (Å²) in [6.45, 7) is 4.25. The SMILES string of the molecule is N#Cc1ccc2c(c1)NC(=O)C2c1ccc(CN2CCOCC2)cn1. The summed E-state index contributed by atoms with van der Waals surface area (Å²) in [5.74, 6) is -0.515. The molecule has 1 unspecified atom stereocenters. The smallest absolute Gasteiger partial charge is 0.238 e. The summed E-state index contributed by atoms with van der Waals surface area (Å²) in [7, 11) is 0. The summed E-state index contributed by atoms with van der Waals surface area (Å²) in [6.07, 6.45) is 1.85. The molecule has 126 valence electrons. The molecular weight excluding hydrogens is 316 g/mol. The highest BCUT2D eigenvalue weighted by Crippen LogP contribution is 2.36. The van der Waals surface area contributed by atoms with Crippen molar-refractivity contribution in [3.8, 4) is 6.07 Å². The summed E-state index contributed by atoms with van der Waals surface area (Å²) in [4.78, 5) is 19.2. The number of pyridine rings is 1. The highest BCUT2D eigenvalue weighted by molar-refractivity contribution is 6.04. The van der Waals surface area contributed by atoms with Crippen LogP contribution in [-0.4, -0.2) is 42.1 Å². The van der Waals surface area contributed by atoms with Crippen LogP contribution in [0.4, 0.5) is 5.69 Å². The van der Waals surface area contributed by atoms with E-state index in [1.807, 2.05) is 24.4 Å². The number of hydrogen-bond donors (Lipinski definition) is 1. The van der Waals surface area contributed by atoms with E-state index in [2.05, 4.69) is 21.3 Å². The molecule has 2 aliphatic rings. The zero-order chi connectivity index (χ0) is 17.2. The lowest BCUT2D eigenvalue weighted by Gasteiger charge is -2.26. The van der Waals surface area contributed by atoms with Crippen LogP contribution in [-0.2, 0) is 16.1 Å². The van der Waals surface area contributed by atoms with Gasteiger partial charge in [0.2, 0.25) is 5.91 Å². The number of fused-ring (bicyclic) bond motifs is 1. The molecule has 6 heteroatoms. The van der Waals surface area contributed by atoms with E-state index in [-0.39, 0.29) is 5.91 Å². The number of nitriles is 1. The predicted octanol–water partition coefficient (Wildman–Crippen LogP) is 1.87. The lowest BCUT2D eigenvalue weighted by Crippen LogP contribution is -2.35. The number of nitrogens with zero attached hydrogens (tertiary/aromatic N) is 3. The number of benzene rings is 1. The summed E-state index contributed by atoms with van der Waals surface area (Å²) in [5.41, 5.74) is 3.97. The van der Waals surface area contributed by atoms with Crippen LogP contribution in [0.2, 0.25) is 0 Å². The van der Waals surface area contributed by atoms with Gasteiger partial charge in [-0.15, -0.1) is 0 Å². The molecule has 6 nitrogen and oxygen atoms in total. The molecule has 1 saturated heterocycles. The van der Waals surface area contributed by atoms with E-state index in [1.165, 1.54) is 0 Å². The molecule has 1 aromatic carbocycles. The monoisotopic (exact) mass is 334 g/mol. The van der Waals surface area contributed by atoms with Gasteiger partial charge in [-0.1, -0.05) is 12.1 Å². The Labute approximate surface area is 146 Å². The molecule has 1 N–H and O–H groups in total. The van der Waals surface area contributed by atoms with Gasteiger partial charge >= 0.3 is 0 Å². The van der Waals surface area contributed by atoms with Gasteiger partial charge in [-0.05, 0) is 29.3 Å². The van der Waals surface area contributed by atoms with Gasteiger partial charge in [0.05, 0.1) is 30.5 Å². The van der Waals surface area contributed by atoms with Gasteiger partial charge in [0.15, 0.2) is 0 Å². The number of anilines is 1. The third-order valence-electron chi connectivity index (χ3n) is 4.67. The third kappa shape index (κ3) is 3.12. The molecule has 3 heterocycles. The van der Waals surface area contributed by atoms with Crippen molar-refractivity contribution < 1.29 is 9.53 Å². The van der Waals surface area contributed by atoms with E-state index >= 15 is 0 Å². The first-order chi connectivity index (χ1) is 12.2. The molecule has 0 saturated carbocycles. The minimum atomic E-state index is -0.417. The van der Waals surface area contributed by atoms with Crippen molar-refractivity contribution >= 4 is 11.6 Å². The number of hydrogen-bond acceptors (Lipinski definition) is 5. The van der Waals surface area contributed by atoms with Crippen LogP contribution in [0.25, 0.3) is 0 Å². The first-order valence-electron chi connectivity index (χ1n) is 8.34. The minimum Gasteiger partial charge on any atom is -0.379 e. The number of carbonyl (C=O) groups excluding carboxylic acids is 1. The largest absolute Gasteiger partial charge is 0.379 e. The summed E-state index contributed by atoms with van der Waals surface area (Å²) >= 11 is 0. The average Bonchev–Trinajstić information content (AvgIpc) is 2.98. The average molecular weight is 334 g/mol. The predicted molar refractivity (Wildman–Crippen MR) is 92.0 cm³/mol. The fraction of sp³-hybridized carbons (Fsp3) is 0.316. The van der Waals surface area contributed by atoms with Crippen LogP contribution in [0.1, 0.15) is 28.3 Å². The van der Waals surface area contributed by atoms with E-state index in [4.69, 9.17) is 10.00 Å². The van der Waals surface area contributed by atoms with Crippen molar-refractivity contribution in [3.63, 3.8) is 0 Å². The molecule has 1 fully saturated rings. The van der Waals surface area contributed by atoms with Crippen molar-refractivity contribution in [2.24, 2.45) is 0 Å². The lowest BCUT2D eigenvalue weighted by atomic mass is 9.95. The van der Waals surface area contributed by atoms with Crippen LogP contribution in [0, 0.1) is 11.3 Å². The maximum absolute atomic E-state index is 12.4. The Morgan fingerprint density at radius 1 is 1.28 bits per heavy atom. The molecule has 0 bridgehead atoms. The fourth-order valence-electron chi connectivity index (χ4n) is 3.34.